The van der Waals surface area contributed by atoms with Gasteiger partial charge in [0.25, 0.3) is 0 Å². The Morgan fingerprint density at radius 2 is 1.80 bits per heavy atom. The fourth-order valence-corrected chi connectivity index (χ4v) is 1.39. The van der Waals surface area contributed by atoms with Gasteiger partial charge >= 0.3 is 0 Å². The number of hydrogen-bond donors (Lipinski definition) is 1. The normalized spacial score (nSPS) is 13.4. The second-order valence-corrected chi connectivity index (χ2v) is 4.13. The van der Waals surface area contributed by atoms with E-state index in [-0.39, 0.29) is 0 Å². The molecule has 0 amide bonds. The smallest absolute Gasteiger partial charge is 0.0703 e. The van der Waals surface area contributed by atoms with E-state index in [1.54, 1.807) is 0 Å². The predicted molar refractivity (Wildman–Crippen MR) is 64.3 cm³/mol. The minimum Gasteiger partial charge on any atom is -0.379 e. The fourth-order valence-electron chi connectivity index (χ4n) is 1.39. The average Bonchev–Trinajstić information content (AvgIpc) is 2.16. The summed E-state index contributed by atoms with van der Waals surface area (Å²) in [6.07, 6.45) is 2.61. The Balaban J connectivity index is 3.04. The molecule has 1 N–H and O–H groups in total. The molecule has 15 heavy (non-hydrogen) atoms. The molecule has 0 rings (SSSR count). The quantitative estimate of drug-likeness (QED) is 0.569. The van der Waals surface area contributed by atoms with Gasteiger partial charge in [-0.05, 0) is 40.2 Å². The third-order valence-electron chi connectivity index (χ3n) is 2.16. The van der Waals surface area contributed by atoms with Crippen molar-refractivity contribution in [1.82, 2.24) is 5.32 Å². The summed E-state index contributed by atoms with van der Waals surface area (Å²) in [5.41, 5.74) is 0. The molecule has 0 aromatic heterocycles. The van der Waals surface area contributed by atoms with Gasteiger partial charge in [0.15, 0.2) is 0 Å². The maximum absolute atomic E-state index is 5.46. The SMILES string of the molecule is CCNC(C)CCCOCCOC(C)C. The Morgan fingerprint density at radius 3 is 2.40 bits per heavy atom. The van der Waals surface area contributed by atoms with Crippen molar-refractivity contribution < 1.29 is 9.47 Å². The summed E-state index contributed by atoms with van der Waals surface area (Å²) in [5, 5.41) is 3.38. The van der Waals surface area contributed by atoms with E-state index in [1.165, 1.54) is 6.42 Å². The summed E-state index contributed by atoms with van der Waals surface area (Å²) in [4.78, 5) is 0. The molecule has 1 unspecified atom stereocenters. The van der Waals surface area contributed by atoms with E-state index >= 15 is 0 Å². The maximum Gasteiger partial charge on any atom is 0.0703 e. The minimum absolute atomic E-state index is 0.308. The van der Waals surface area contributed by atoms with Crippen molar-refractivity contribution in [2.24, 2.45) is 0 Å². The van der Waals surface area contributed by atoms with Crippen LogP contribution in [-0.4, -0.2) is 38.5 Å². The zero-order chi connectivity index (χ0) is 11.5. The Hall–Kier alpha value is -0.120. The van der Waals surface area contributed by atoms with Gasteiger partial charge < -0.3 is 14.8 Å². The monoisotopic (exact) mass is 217 g/mol. The van der Waals surface area contributed by atoms with Gasteiger partial charge in [-0.1, -0.05) is 6.92 Å². The molecular formula is C12H27NO2. The van der Waals surface area contributed by atoms with Gasteiger partial charge in [-0.25, -0.2) is 0 Å². The highest BCUT2D eigenvalue weighted by Crippen LogP contribution is 1.96. The molecule has 0 saturated heterocycles. The van der Waals surface area contributed by atoms with Gasteiger partial charge in [0.05, 0.1) is 19.3 Å². The zero-order valence-electron chi connectivity index (χ0n) is 10.7. The van der Waals surface area contributed by atoms with Gasteiger partial charge in [-0.2, -0.15) is 0 Å². The van der Waals surface area contributed by atoms with Crippen LogP contribution in [0.2, 0.25) is 0 Å². The van der Waals surface area contributed by atoms with Crippen LogP contribution in [0.4, 0.5) is 0 Å². The van der Waals surface area contributed by atoms with Crippen molar-refractivity contribution in [2.75, 3.05) is 26.4 Å². The first kappa shape index (κ1) is 14.9. The van der Waals surface area contributed by atoms with E-state index in [9.17, 15) is 0 Å². The summed E-state index contributed by atoms with van der Waals surface area (Å²) in [5.74, 6) is 0. The van der Waals surface area contributed by atoms with Crippen molar-refractivity contribution in [3.05, 3.63) is 0 Å². The van der Waals surface area contributed by atoms with Crippen LogP contribution in [-0.2, 0) is 9.47 Å². The Morgan fingerprint density at radius 1 is 1.07 bits per heavy atom. The molecule has 0 aliphatic carbocycles. The van der Waals surface area contributed by atoms with Crippen LogP contribution in [0.1, 0.15) is 40.5 Å². The van der Waals surface area contributed by atoms with Crippen LogP contribution in [0.5, 0.6) is 0 Å². The van der Waals surface area contributed by atoms with E-state index in [2.05, 4.69) is 19.2 Å². The van der Waals surface area contributed by atoms with Gasteiger partial charge in [-0.15, -0.1) is 0 Å². The minimum atomic E-state index is 0.308. The number of hydrogen-bond acceptors (Lipinski definition) is 3. The van der Waals surface area contributed by atoms with E-state index in [0.29, 0.717) is 25.4 Å². The second kappa shape index (κ2) is 10.4. The average molecular weight is 217 g/mol. The first-order chi connectivity index (χ1) is 7.16. The van der Waals surface area contributed by atoms with Crippen LogP contribution >= 0.6 is 0 Å². The summed E-state index contributed by atoms with van der Waals surface area (Å²) < 4.78 is 10.8. The zero-order valence-corrected chi connectivity index (χ0v) is 10.7. The summed E-state index contributed by atoms with van der Waals surface area (Å²) in [6.45, 7) is 11.7. The largest absolute Gasteiger partial charge is 0.379 e. The van der Waals surface area contributed by atoms with Crippen LogP contribution < -0.4 is 5.32 Å². The highest BCUT2D eigenvalue weighted by Gasteiger charge is 1.99. The Labute approximate surface area is 94.5 Å². The molecule has 92 valence electrons. The van der Waals surface area contributed by atoms with E-state index in [1.807, 2.05) is 13.8 Å². The van der Waals surface area contributed by atoms with E-state index in [4.69, 9.17) is 9.47 Å². The molecule has 0 fully saturated rings. The van der Waals surface area contributed by atoms with Crippen LogP contribution in [0, 0.1) is 0 Å². The van der Waals surface area contributed by atoms with Gasteiger partial charge in [0, 0.05) is 12.6 Å². The molecule has 0 spiro atoms. The van der Waals surface area contributed by atoms with Gasteiger partial charge in [0.2, 0.25) is 0 Å². The molecule has 0 bridgehead atoms. The lowest BCUT2D eigenvalue weighted by atomic mass is 10.2. The fraction of sp³-hybridized carbons (Fsp3) is 1.00. The van der Waals surface area contributed by atoms with Crippen LogP contribution in [0.25, 0.3) is 0 Å². The lowest BCUT2D eigenvalue weighted by molar-refractivity contribution is 0.0184. The molecule has 0 aromatic rings. The van der Waals surface area contributed by atoms with Crippen molar-refractivity contribution in [2.45, 2.75) is 52.7 Å². The molecule has 0 aliphatic heterocycles. The number of ether oxygens (including phenoxy) is 2. The first-order valence-electron chi connectivity index (χ1n) is 6.09. The molecule has 1 atom stereocenters. The third-order valence-corrected chi connectivity index (χ3v) is 2.16. The molecule has 0 aromatic carbocycles. The molecule has 3 nitrogen and oxygen atoms in total. The maximum atomic E-state index is 5.46. The first-order valence-corrected chi connectivity index (χ1v) is 6.09. The van der Waals surface area contributed by atoms with E-state index in [0.717, 1.165) is 19.6 Å². The highest BCUT2D eigenvalue weighted by molar-refractivity contribution is 4.58. The predicted octanol–water partition coefficient (Wildman–Crippen LogP) is 2.21. The Bertz CT molecular complexity index is 129. The molecule has 0 saturated carbocycles. The van der Waals surface area contributed by atoms with Gasteiger partial charge in [-0.3, -0.25) is 0 Å². The Kier molecular flexibility index (Phi) is 10.3. The topological polar surface area (TPSA) is 30.5 Å². The van der Waals surface area contributed by atoms with Crippen molar-refractivity contribution in [3.63, 3.8) is 0 Å². The molecule has 0 heterocycles. The molecule has 3 heteroatoms. The lowest BCUT2D eigenvalue weighted by Gasteiger charge is -2.12. The molecular weight excluding hydrogens is 190 g/mol. The number of rotatable bonds is 10. The van der Waals surface area contributed by atoms with E-state index < -0.39 is 0 Å². The van der Waals surface area contributed by atoms with Crippen molar-refractivity contribution >= 4 is 0 Å². The number of nitrogens with one attached hydrogen (secondary N) is 1. The van der Waals surface area contributed by atoms with Crippen molar-refractivity contribution in [3.8, 4) is 0 Å². The van der Waals surface area contributed by atoms with Crippen LogP contribution in [0.3, 0.4) is 0 Å². The standard InChI is InChI=1S/C12H27NO2/c1-5-13-12(4)7-6-8-14-9-10-15-11(2)3/h11-13H,5-10H2,1-4H3. The van der Waals surface area contributed by atoms with Crippen LogP contribution in [0.15, 0.2) is 0 Å². The summed E-state index contributed by atoms with van der Waals surface area (Å²) >= 11 is 0. The summed E-state index contributed by atoms with van der Waals surface area (Å²) in [7, 11) is 0. The summed E-state index contributed by atoms with van der Waals surface area (Å²) in [6, 6.07) is 0.602. The lowest BCUT2D eigenvalue weighted by Crippen LogP contribution is -2.25. The van der Waals surface area contributed by atoms with Gasteiger partial charge in [0.1, 0.15) is 0 Å². The highest BCUT2D eigenvalue weighted by atomic mass is 16.5. The third kappa shape index (κ3) is 11.8. The second-order valence-electron chi connectivity index (χ2n) is 4.13. The van der Waals surface area contributed by atoms with Crippen molar-refractivity contribution in [1.29, 1.82) is 0 Å². The molecule has 0 aliphatic rings. The molecule has 0 radical (unpaired) electrons.